The van der Waals surface area contributed by atoms with Crippen molar-refractivity contribution in [3.05, 3.63) is 58.0 Å². The van der Waals surface area contributed by atoms with Crippen molar-refractivity contribution in [3.8, 4) is 5.69 Å². The Morgan fingerprint density at radius 3 is 2.48 bits per heavy atom. The Kier molecular flexibility index (Phi) is 4.16. The predicted molar refractivity (Wildman–Crippen MR) is 129 cm³/mol. The van der Waals surface area contributed by atoms with Gasteiger partial charge in [0, 0.05) is 54.9 Å². The number of hydrogen-bond acceptors (Lipinski definition) is 6. The summed E-state index contributed by atoms with van der Waals surface area (Å²) in [5.74, 6) is 3.12. The first kappa shape index (κ1) is 19.8. The summed E-state index contributed by atoms with van der Waals surface area (Å²) in [6.07, 6.45) is 2.55. The van der Waals surface area contributed by atoms with Crippen LogP contribution in [-0.4, -0.2) is 56.9 Å². The molecular weight excluding hydrogens is 434 g/mol. The third kappa shape index (κ3) is 3.24. The number of rotatable bonds is 3. The summed E-state index contributed by atoms with van der Waals surface area (Å²) < 4.78 is 2.28. The van der Waals surface area contributed by atoms with Gasteiger partial charge in [-0.1, -0.05) is 11.6 Å². The minimum atomic E-state index is 0.333. The second-order valence-corrected chi connectivity index (χ2v) is 11.0. The maximum Gasteiger partial charge on any atom is 0.231 e. The topological polar surface area (TPSA) is 53.3 Å². The summed E-state index contributed by atoms with van der Waals surface area (Å²) in [5, 5.41) is 10.1. The highest BCUT2D eigenvalue weighted by Crippen LogP contribution is 2.44. The van der Waals surface area contributed by atoms with Crippen LogP contribution in [0.15, 0.2) is 30.3 Å². The molecule has 0 N–H and O–H groups in total. The van der Waals surface area contributed by atoms with Gasteiger partial charge in [0.1, 0.15) is 5.82 Å². The van der Waals surface area contributed by atoms with Crippen LogP contribution in [0.4, 0.5) is 11.8 Å². The fourth-order valence-corrected chi connectivity index (χ4v) is 6.12. The molecular formula is C25H28ClN7. The Morgan fingerprint density at radius 2 is 1.73 bits per heavy atom. The normalized spacial score (nSPS) is 21.3. The van der Waals surface area contributed by atoms with E-state index in [4.69, 9.17) is 16.6 Å². The maximum absolute atomic E-state index is 6.38. The minimum absolute atomic E-state index is 0.333. The lowest BCUT2D eigenvalue weighted by Crippen LogP contribution is -2.73. The van der Waals surface area contributed by atoms with E-state index in [0.717, 1.165) is 67.6 Å². The molecule has 0 radical (unpaired) electrons. The lowest BCUT2D eigenvalue weighted by Gasteiger charge is -2.60. The fraction of sp³-hybridized carbons (Fsp3) is 0.480. The van der Waals surface area contributed by atoms with Crippen molar-refractivity contribution in [2.45, 2.75) is 45.8 Å². The van der Waals surface area contributed by atoms with E-state index in [1.54, 1.807) is 0 Å². The van der Waals surface area contributed by atoms with Gasteiger partial charge < -0.3 is 9.80 Å². The molecule has 8 heteroatoms. The van der Waals surface area contributed by atoms with Gasteiger partial charge >= 0.3 is 0 Å². The number of pyridine rings is 1. The molecule has 3 fully saturated rings. The van der Waals surface area contributed by atoms with Gasteiger partial charge in [0.2, 0.25) is 5.95 Å². The Morgan fingerprint density at radius 1 is 0.939 bits per heavy atom. The monoisotopic (exact) mass is 461 g/mol. The Balaban J connectivity index is 1.14. The Bertz CT molecular complexity index is 1230. The summed E-state index contributed by atoms with van der Waals surface area (Å²) in [5.41, 5.74) is 5.14. The lowest BCUT2D eigenvalue weighted by molar-refractivity contribution is 0.153. The van der Waals surface area contributed by atoms with Gasteiger partial charge in [0.15, 0.2) is 5.82 Å². The quantitative estimate of drug-likeness (QED) is 0.592. The zero-order chi connectivity index (χ0) is 22.3. The molecule has 2 saturated heterocycles. The third-order valence-electron chi connectivity index (χ3n) is 7.57. The smallest absolute Gasteiger partial charge is 0.231 e. The van der Waals surface area contributed by atoms with Gasteiger partial charge in [0.05, 0.1) is 12.2 Å². The molecule has 7 rings (SSSR count). The molecule has 1 spiro atoms. The molecule has 0 unspecified atom stereocenters. The molecule has 33 heavy (non-hydrogen) atoms. The van der Waals surface area contributed by atoms with Gasteiger partial charge in [-0.25, -0.2) is 4.98 Å². The van der Waals surface area contributed by atoms with Crippen LogP contribution in [0.3, 0.4) is 0 Å². The summed E-state index contributed by atoms with van der Waals surface area (Å²) in [6.45, 7) is 10.1. The standard InChI is InChI=1S/C25H28ClN7/c1-16-7-17(2)27-22(8-16)31-12-25(13-31)14-32(15-25)24-29-28-23-11-30(20-4-5-20)10-18-9-19(26)3-6-21(18)33(23)24/h3,6-9,20H,4-5,10-15H2,1-2H3. The highest BCUT2D eigenvalue weighted by molar-refractivity contribution is 6.30. The highest BCUT2D eigenvalue weighted by Gasteiger charge is 2.53. The van der Waals surface area contributed by atoms with Gasteiger partial charge in [-0.3, -0.25) is 9.47 Å². The SMILES string of the molecule is Cc1cc(C)nc(N2CC3(C2)CN(c2nnc4n2-c2ccc(Cl)cc2CN(C2CC2)C4)C3)c1. The van der Waals surface area contributed by atoms with Crippen molar-refractivity contribution in [2.24, 2.45) is 5.41 Å². The Labute approximate surface area is 199 Å². The average Bonchev–Trinajstić information content (AvgIpc) is 3.49. The van der Waals surface area contributed by atoms with E-state index in [0.29, 0.717) is 11.5 Å². The van der Waals surface area contributed by atoms with Crippen LogP contribution in [0.5, 0.6) is 0 Å². The largest absolute Gasteiger partial charge is 0.355 e. The molecule has 3 aromatic rings. The molecule has 0 amide bonds. The number of aryl methyl sites for hydroxylation is 2. The number of nitrogens with zero attached hydrogens (tertiary/aromatic N) is 7. The molecule has 170 valence electrons. The fourth-order valence-electron chi connectivity index (χ4n) is 5.93. The van der Waals surface area contributed by atoms with Crippen LogP contribution in [0.2, 0.25) is 5.02 Å². The number of halogens is 1. The van der Waals surface area contributed by atoms with Crippen molar-refractivity contribution in [2.75, 3.05) is 36.0 Å². The van der Waals surface area contributed by atoms with Crippen LogP contribution in [-0.2, 0) is 13.1 Å². The number of fused-ring (bicyclic) bond motifs is 3. The lowest BCUT2D eigenvalue weighted by atomic mass is 9.73. The first-order valence-corrected chi connectivity index (χ1v) is 12.3. The molecule has 0 bridgehead atoms. The second-order valence-electron chi connectivity index (χ2n) is 10.5. The van der Waals surface area contributed by atoms with E-state index in [2.05, 4.69) is 67.6 Å². The number of benzene rings is 1. The third-order valence-corrected chi connectivity index (χ3v) is 7.81. The van der Waals surface area contributed by atoms with Crippen LogP contribution < -0.4 is 9.80 Å². The predicted octanol–water partition coefficient (Wildman–Crippen LogP) is 3.74. The van der Waals surface area contributed by atoms with E-state index in [1.165, 1.54) is 29.7 Å². The van der Waals surface area contributed by atoms with Crippen molar-refractivity contribution in [3.63, 3.8) is 0 Å². The average molecular weight is 462 g/mol. The van der Waals surface area contributed by atoms with Crippen molar-refractivity contribution >= 4 is 23.4 Å². The summed E-state index contributed by atoms with van der Waals surface area (Å²) >= 11 is 6.38. The first-order valence-electron chi connectivity index (χ1n) is 11.9. The van der Waals surface area contributed by atoms with Gasteiger partial charge in [-0.05, 0) is 68.1 Å². The van der Waals surface area contributed by atoms with Gasteiger partial charge in [-0.15, -0.1) is 10.2 Å². The molecule has 3 aliphatic heterocycles. The van der Waals surface area contributed by atoms with Crippen LogP contribution >= 0.6 is 11.6 Å². The summed E-state index contributed by atoms with van der Waals surface area (Å²) in [6, 6.07) is 11.2. The molecule has 1 aromatic carbocycles. The molecule has 1 saturated carbocycles. The minimum Gasteiger partial charge on any atom is -0.355 e. The molecule has 4 aliphatic rings. The Hall–Kier alpha value is -2.64. The summed E-state index contributed by atoms with van der Waals surface area (Å²) in [4.78, 5) is 12.1. The first-order chi connectivity index (χ1) is 16.0. The highest BCUT2D eigenvalue weighted by atomic mass is 35.5. The maximum atomic E-state index is 6.38. The molecule has 1 aliphatic carbocycles. The van der Waals surface area contributed by atoms with Crippen molar-refractivity contribution in [1.82, 2.24) is 24.6 Å². The molecule has 2 aromatic heterocycles. The molecule has 5 heterocycles. The van der Waals surface area contributed by atoms with Crippen LogP contribution in [0, 0.1) is 19.3 Å². The van der Waals surface area contributed by atoms with E-state index >= 15 is 0 Å². The zero-order valence-corrected chi connectivity index (χ0v) is 19.9. The van der Waals surface area contributed by atoms with Gasteiger partial charge in [-0.2, -0.15) is 0 Å². The summed E-state index contributed by atoms with van der Waals surface area (Å²) in [7, 11) is 0. The van der Waals surface area contributed by atoms with Crippen LogP contribution in [0.1, 0.15) is 35.5 Å². The molecule has 7 nitrogen and oxygen atoms in total. The van der Waals surface area contributed by atoms with E-state index < -0.39 is 0 Å². The number of hydrogen-bond donors (Lipinski definition) is 0. The zero-order valence-electron chi connectivity index (χ0n) is 19.1. The van der Waals surface area contributed by atoms with Gasteiger partial charge in [0.25, 0.3) is 0 Å². The number of aromatic nitrogens is 4. The second kappa shape index (κ2) is 6.93. The van der Waals surface area contributed by atoms with E-state index in [-0.39, 0.29) is 0 Å². The number of anilines is 2. The van der Waals surface area contributed by atoms with Crippen molar-refractivity contribution in [1.29, 1.82) is 0 Å². The van der Waals surface area contributed by atoms with Crippen molar-refractivity contribution < 1.29 is 0 Å². The van der Waals surface area contributed by atoms with Crippen LogP contribution in [0.25, 0.3) is 5.69 Å². The van der Waals surface area contributed by atoms with E-state index in [9.17, 15) is 0 Å². The van der Waals surface area contributed by atoms with E-state index in [1.807, 2.05) is 6.07 Å². The molecule has 0 atom stereocenters.